The third-order valence-electron chi connectivity index (χ3n) is 3.16. The van der Waals surface area contributed by atoms with Crippen LogP contribution in [0.3, 0.4) is 0 Å². The van der Waals surface area contributed by atoms with E-state index in [1.165, 1.54) is 5.56 Å². The first kappa shape index (κ1) is 11.1. The first-order chi connectivity index (χ1) is 8.83. The van der Waals surface area contributed by atoms with E-state index in [4.69, 9.17) is 4.74 Å². The van der Waals surface area contributed by atoms with E-state index in [0.717, 1.165) is 36.9 Å². The Morgan fingerprint density at radius 1 is 1.44 bits per heavy atom. The maximum atomic E-state index is 5.79. The van der Waals surface area contributed by atoms with Crippen molar-refractivity contribution in [3.05, 3.63) is 41.9 Å². The van der Waals surface area contributed by atoms with Gasteiger partial charge in [-0.1, -0.05) is 12.1 Å². The molecule has 94 valence electrons. The fourth-order valence-corrected chi connectivity index (χ4v) is 2.23. The number of rotatable bonds is 3. The number of hydrogen-bond donors (Lipinski definition) is 1. The van der Waals surface area contributed by atoms with Crippen LogP contribution in [0.1, 0.15) is 17.8 Å². The molecule has 1 aromatic heterocycles. The van der Waals surface area contributed by atoms with Crippen molar-refractivity contribution < 1.29 is 4.74 Å². The molecule has 0 radical (unpaired) electrons. The molecule has 18 heavy (non-hydrogen) atoms. The zero-order valence-electron chi connectivity index (χ0n) is 10.5. The van der Waals surface area contributed by atoms with Gasteiger partial charge in [0.25, 0.3) is 0 Å². The minimum Gasteiger partial charge on any atom is -0.486 e. The van der Waals surface area contributed by atoms with E-state index in [1.807, 2.05) is 24.4 Å². The fraction of sp³-hybridized carbons (Fsp3) is 0.357. The van der Waals surface area contributed by atoms with Crippen LogP contribution in [0.2, 0.25) is 0 Å². The van der Waals surface area contributed by atoms with Gasteiger partial charge >= 0.3 is 0 Å². The standard InChI is InChI=1S/C14H17N3O/c1-11-4-2-5-12(8-11)18-10-14-16-9-13-15-6-3-7-17(13)14/h2,4-5,8-9,15H,3,6-7,10H2,1H3. The molecule has 0 bridgehead atoms. The van der Waals surface area contributed by atoms with Gasteiger partial charge in [-0.2, -0.15) is 0 Å². The normalized spacial score (nSPS) is 13.8. The van der Waals surface area contributed by atoms with E-state index < -0.39 is 0 Å². The molecule has 2 aromatic rings. The van der Waals surface area contributed by atoms with Crippen molar-refractivity contribution in [2.24, 2.45) is 0 Å². The van der Waals surface area contributed by atoms with Gasteiger partial charge in [0.1, 0.15) is 24.0 Å². The van der Waals surface area contributed by atoms with Gasteiger partial charge < -0.3 is 14.6 Å². The van der Waals surface area contributed by atoms with Crippen LogP contribution < -0.4 is 10.1 Å². The van der Waals surface area contributed by atoms with Gasteiger partial charge in [0.2, 0.25) is 0 Å². The highest BCUT2D eigenvalue weighted by atomic mass is 16.5. The molecule has 0 fully saturated rings. The van der Waals surface area contributed by atoms with E-state index in [1.54, 1.807) is 0 Å². The summed E-state index contributed by atoms with van der Waals surface area (Å²) in [5.74, 6) is 2.99. The smallest absolute Gasteiger partial charge is 0.148 e. The van der Waals surface area contributed by atoms with E-state index in [-0.39, 0.29) is 0 Å². The second kappa shape index (κ2) is 4.72. The highest BCUT2D eigenvalue weighted by Crippen LogP contribution is 2.19. The van der Waals surface area contributed by atoms with Gasteiger partial charge in [-0.05, 0) is 31.0 Å². The molecule has 1 aliphatic heterocycles. The lowest BCUT2D eigenvalue weighted by Crippen LogP contribution is -2.19. The number of aryl methyl sites for hydroxylation is 1. The Kier molecular flexibility index (Phi) is 2.92. The van der Waals surface area contributed by atoms with Crippen molar-refractivity contribution in [3.8, 4) is 5.75 Å². The van der Waals surface area contributed by atoms with Crippen LogP contribution >= 0.6 is 0 Å². The molecule has 1 N–H and O–H groups in total. The van der Waals surface area contributed by atoms with Gasteiger partial charge in [-0.3, -0.25) is 0 Å². The number of aromatic nitrogens is 2. The highest BCUT2D eigenvalue weighted by Gasteiger charge is 2.13. The summed E-state index contributed by atoms with van der Waals surface area (Å²) in [6.07, 6.45) is 3.02. The number of nitrogens with one attached hydrogen (secondary N) is 1. The van der Waals surface area contributed by atoms with Gasteiger partial charge in [-0.15, -0.1) is 0 Å². The minimum atomic E-state index is 0.519. The quantitative estimate of drug-likeness (QED) is 0.900. The Labute approximate surface area is 107 Å². The van der Waals surface area contributed by atoms with E-state index >= 15 is 0 Å². The van der Waals surface area contributed by atoms with Crippen LogP contribution in [0.4, 0.5) is 5.82 Å². The van der Waals surface area contributed by atoms with Crippen LogP contribution in [0, 0.1) is 6.92 Å². The van der Waals surface area contributed by atoms with E-state index in [2.05, 4.69) is 27.9 Å². The summed E-state index contributed by atoms with van der Waals surface area (Å²) in [5, 5.41) is 3.34. The van der Waals surface area contributed by atoms with Gasteiger partial charge in [0.05, 0.1) is 6.20 Å². The Bertz CT molecular complexity index is 548. The number of imidazole rings is 1. The number of fused-ring (bicyclic) bond motifs is 1. The zero-order chi connectivity index (χ0) is 12.4. The molecule has 0 saturated carbocycles. The molecule has 3 rings (SSSR count). The topological polar surface area (TPSA) is 39.1 Å². The number of nitrogens with zero attached hydrogens (tertiary/aromatic N) is 2. The molecule has 0 atom stereocenters. The highest BCUT2D eigenvalue weighted by molar-refractivity contribution is 5.36. The summed E-state index contributed by atoms with van der Waals surface area (Å²) >= 11 is 0. The SMILES string of the molecule is Cc1cccc(OCc2ncc3n2CCCN3)c1. The van der Waals surface area contributed by atoms with Crippen LogP contribution in [-0.2, 0) is 13.2 Å². The average molecular weight is 243 g/mol. The third kappa shape index (κ3) is 2.18. The molecule has 1 aromatic carbocycles. The van der Waals surface area contributed by atoms with Crippen LogP contribution in [0.15, 0.2) is 30.5 Å². The molecule has 4 heteroatoms. The number of benzene rings is 1. The lowest BCUT2D eigenvalue weighted by Gasteiger charge is -2.18. The predicted molar refractivity (Wildman–Crippen MR) is 70.8 cm³/mol. The second-order valence-electron chi connectivity index (χ2n) is 4.60. The van der Waals surface area contributed by atoms with Crippen molar-refractivity contribution in [1.29, 1.82) is 0 Å². The Morgan fingerprint density at radius 3 is 3.28 bits per heavy atom. The van der Waals surface area contributed by atoms with Crippen molar-refractivity contribution in [2.75, 3.05) is 11.9 Å². The zero-order valence-corrected chi connectivity index (χ0v) is 10.5. The molecular formula is C14H17N3O. The second-order valence-corrected chi connectivity index (χ2v) is 4.60. The summed E-state index contributed by atoms with van der Waals surface area (Å²) in [6.45, 7) is 4.64. The summed E-state index contributed by atoms with van der Waals surface area (Å²) in [4.78, 5) is 4.41. The molecule has 0 unspecified atom stereocenters. The lowest BCUT2D eigenvalue weighted by atomic mass is 10.2. The molecule has 1 aliphatic rings. The van der Waals surface area contributed by atoms with Crippen molar-refractivity contribution in [2.45, 2.75) is 26.5 Å². The van der Waals surface area contributed by atoms with Crippen molar-refractivity contribution >= 4 is 5.82 Å². The van der Waals surface area contributed by atoms with Gasteiger partial charge in [-0.25, -0.2) is 4.98 Å². The maximum absolute atomic E-state index is 5.79. The molecule has 2 heterocycles. The number of anilines is 1. The first-order valence-corrected chi connectivity index (χ1v) is 6.31. The minimum absolute atomic E-state index is 0.519. The average Bonchev–Trinajstić information content (AvgIpc) is 2.80. The summed E-state index contributed by atoms with van der Waals surface area (Å²) in [7, 11) is 0. The van der Waals surface area contributed by atoms with Crippen LogP contribution in [-0.4, -0.2) is 16.1 Å². The molecule has 0 saturated heterocycles. The number of hydrogen-bond acceptors (Lipinski definition) is 3. The van der Waals surface area contributed by atoms with E-state index in [0.29, 0.717) is 6.61 Å². The first-order valence-electron chi connectivity index (χ1n) is 6.31. The fourth-order valence-electron chi connectivity index (χ4n) is 2.23. The molecule has 4 nitrogen and oxygen atoms in total. The largest absolute Gasteiger partial charge is 0.486 e. The monoisotopic (exact) mass is 243 g/mol. The van der Waals surface area contributed by atoms with Gasteiger partial charge in [0, 0.05) is 13.1 Å². The molecule has 0 amide bonds. The van der Waals surface area contributed by atoms with Crippen LogP contribution in [0.5, 0.6) is 5.75 Å². The third-order valence-corrected chi connectivity index (χ3v) is 3.16. The molecular weight excluding hydrogens is 226 g/mol. The Balaban J connectivity index is 1.72. The van der Waals surface area contributed by atoms with Crippen molar-refractivity contribution in [3.63, 3.8) is 0 Å². The summed E-state index contributed by atoms with van der Waals surface area (Å²) in [6, 6.07) is 8.09. The Hall–Kier alpha value is -1.97. The summed E-state index contributed by atoms with van der Waals surface area (Å²) < 4.78 is 7.98. The predicted octanol–water partition coefficient (Wildman–Crippen LogP) is 2.59. The van der Waals surface area contributed by atoms with E-state index in [9.17, 15) is 0 Å². The number of ether oxygens (including phenoxy) is 1. The molecule has 0 aliphatic carbocycles. The molecule has 0 spiro atoms. The summed E-state index contributed by atoms with van der Waals surface area (Å²) in [5.41, 5.74) is 1.21. The maximum Gasteiger partial charge on any atom is 0.148 e. The lowest BCUT2D eigenvalue weighted by molar-refractivity contribution is 0.288. The van der Waals surface area contributed by atoms with Crippen molar-refractivity contribution in [1.82, 2.24) is 9.55 Å². The van der Waals surface area contributed by atoms with Gasteiger partial charge in [0.15, 0.2) is 0 Å². The van der Waals surface area contributed by atoms with Crippen LogP contribution in [0.25, 0.3) is 0 Å². The Morgan fingerprint density at radius 2 is 2.39 bits per heavy atom.